The first-order chi connectivity index (χ1) is 9.38. The molecule has 1 saturated carbocycles. The fourth-order valence-corrected chi connectivity index (χ4v) is 5.92. The average molecular weight is 353 g/mol. The summed E-state index contributed by atoms with van der Waals surface area (Å²) in [6.45, 7) is 0. The number of thiophene rings is 1. The SMILES string of the molecule is N#CC1(NS(=O)(=O)c2cc(Cl)sc2Cl)CCCCCC1. The number of nitriles is 1. The number of hydrogen-bond acceptors (Lipinski definition) is 4. The Morgan fingerprint density at radius 1 is 1.25 bits per heavy atom. The van der Waals surface area contributed by atoms with Gasteiger partial charge in [-0.15, -0.1) is 11.3 Å². The summed E-state index contributed by atoms with van der Waals surface area (Å²) in [6.07, 6.45) is 4.78. The molecule has 1 heterocycles. The van der Waals surface area contributed by atoms with Crippen LogP contribution in [0.1, 0.15) is 38.5 Å². The van der Waals surface area contributed by atoms with E-state index in [2.05, 4.69) is 10.8 Å². The third kappa shape index (κ3) is 3.46. The van der Waals surface area contributed by atoms with Gasteiger partial charge in [-0.3, -0.25) is 0 Å². The van der Waals surface area contributed by atoms with Gasteiger partial charge in [0.2, 0.25) is 10.0 Å². The number of rotatable bonds is 3. The van der Waals surface area contributed by atoms with Crippen molar-refractivity contribution in [2.75, 3.05) is 0 Å². The first-order valence-corrected chi connectivity index (χ1v) is 9.34. The van der Waals surface area contributed by atoms with E-state index in [1.165, 1.54) is 6.07 Å². The van der Waals surface area contributed by atoms with Crippen LogP contribution in [0.25, 0.3) is 0 Å². The van der Waals surface area contributed by atoms with Gasteiger partial charge >= 0.3 is 0 Å². The molecule has 0 unspecified atom stereocenters. The molecule has 1 aromatic heterocycles. The highest BCUT2D eigenvalue weighted by Crippen LogP contribution is 2.36. The van der Waals surface area contributed by atoms with Gasteiger partial charge in [-0.2, -0.15) is 9.98 Å². The molecule has 110 valence electrons. The molecule has 0 amide bonds. The number of hydrogen-bond donors (Lipinski definition) is 1. The summed E-state index contributed by atoms with van der Waals surface area (Å²) in [5.74, 6) is 0. The minimum absolute atomic E-state index is 0.0481. The second-order valence-electron chi connectivity index (χ2n) is 4.90. The third-order valence-corrected chi connectivity index (χ3v) is 6.71. The van der Waals surface area contributed by atoms with Gasteiger partial charge < -0.3 is 0 Å². The molecule has 0 spiro atoms. The molecule has 1 N–H and O–H groups in total. The Balaban J connectivity index is 2.31. The summed E-state index contributed by atoms with van der Waals surface area (Å²) in [7, 11) is -3.83. The highest BCUT2D eigenvalue weighted by molar-refractivity contribution is 7.89. The number of sulfonamides is 1. The van der Waals surface area contributed by atoms with Crippen molar-refractivity contribution in [1.82, 2.24) is 4.72 Å². The van der Waals surface area contributed by atoms with Gasteiger partial charge in [-0.25, -0.2) is 8.42 Å². The zero-order valence-corrected chi connectivity index (χ0v) is 13.8. The molecule has 0 saturated heterocycles. The summed E-state index contributed by atoms with van der Waals surface area (Å²) in [6, 6.07) is 3.46. The molecule has 1 fully saturated rings. The first-order valence-electron chi connectivity index (χ1n) is 6.29. The van der Waals surface area contributed by atoms with Crippen LogP contribution in [0.5, 0.6) is 0 Å². The van der Waals surface area contributed by atoms with Crippen molar-refractivity contribution in [2.45, 2.75) is 49.0 Å². The third-order valence-electron chi connectivity index (χ3n) is 3.42. The maximum atomic E-state index is 12.4. The molecule has 2 rings (SSSR count). The summed E-state index contributed by atoms with van der Waals surface area (Å²) in [4.78, 5) is -0.0481. The van der Waals surface area contributed by atoms with Crippen LogP contribution in [-0.2, 0) is 10.0 Å². The van der Waals surface area contributed by atoms with E-state index in [9.17, 15) is 13.7 Å². The molecule has 1 aliphatic rings. The fraction of sp³-hybridized carbons (Fsp3) is 0.583. The van der Waals surface area contributed by atoms with E-state index in [1.807, 2.05) is 0 Å². The second-order valence-corrected chi connectivity index (χ2v) is 8.84. The Labute approximate surface area is 132 Å². The lowest BCUT2D eigenvalue weighted by Gasteiger charge is -2.25. The predicted octanol–water partition coefficient (Wildman–Crippen LogP) is 3.95. The van der Waals surface area contributed by atoms with E-state index < -0.39 is 15.6 Å². The van der Waals surface area contributed by atoms with Crippen molar-refractivity contribution in [3.05, 3.63) is 14.7 Å². The first kappa shape index (κ1) is 16.1. The fourth-order valence-electron chi connectivity index (χ4n) is 2.39. The van der Waals surface area contributed by atoms with E-state index in [1.54, 1.807) is 0 Å². The number of nitrogens with one attached hydrogen (secondary N) is 1. The normalized spacial score (nSPS) is 19.2. The molecule has 0 aliphatic heterocycles. The minimum atomic E-state index is -3.83. The molecule has 0 aromatic carbocycles. The van der Waals surface area contributed by atoms with E-state index in [0.717, 1.165) is 37.0 Å². The van der Waals surface area contributed by atoms with E-state index in [-0.39, 0.29) is 9.23 Å². The lowest BCUT2D eigenvalue weighted by Crippen LogP contribution is -2.46. The van der Waals surface area contributed by atoms with Crippen LogP contribution in [0.3, 0.4) is 0 Å². The van der Waals surface area contributed by atoms with Crippen molar-refractivity contribution < 1.29 is 8.42 Å². The lowest BCUT2D eigenvalue weighted by molar-refractivity contribution is 0.422. The van der Waals surface area contributed by atoms with Crippen molar-refractivity contribution in [3.63, 3.8) is 0 Å². The van der Waals surface area contributed by atoms with Gasteiger partial charge in [0.15, 0.2) is 0 Å². The maximum Gasteiger partial charge on any atom is 0.244 e. The summed E-state index contributed by atoms with van der Waals surface area (Å²) < 4.78 is 27.8. The van der Waals surface area contributed by atoms with Crippen LogP contribution in [0.4, 0.5) is 0 Å². The zero-order valence-electron chi connectivity index (χ0n) is 10.7. The van der Waals surface area contributed by atoms with Crippen molar-refractivity contribution in [3.8, 4) is 6.07 Å². The Morgan fingerprint density at radius 3 is 2.30 bits per heavy atom. The quantitative estimate of drug-likeness (QED) is 0.837. The molecule has 1 aromatic rings. The maximum absolute atomic E-state index is 12.4. The molecule has 4 nitrogen and oxygen atoms in total. The Bertz CT molecular complexity index is 626. The van der Waals surface area contributed by atoms with Crippen LogP contribution in [-0.4, -0.2) is 14.0 Å². The summed E-state index contributed by atoms with van der Waals surface area (Å²) in [5.41, 5.74) is -1.03. The summed E-state index contributed by atoms with van der Waals surface area (Å²) >= 11 is 12.7. The highest BCUT2D eigenvalue weighted by Gasteiger charge is 2.37. The predicted molar refractivity (Wildman–Crippen MR) is 80.7 cm³/mol. The Hall–Kier alpha value is -0.320. The molecular weight excluding hydrogens is 339 g/mol. The van der Waals surface area contributed by atoms with Crippen molar-refractivity contribution in [2.24, 2.45) is 0 Å². The van der Waals surface area contributed by atoms with Crippen LogP contribution in [0.15, 0.2) is 11.0 Å². The molecule has 0 bridgehead atoms. The van der Waals surface area contributed by atoms with Crippen LogP contribution in [0, 0.1) is 11.3 Å². The van der Waals surface area contributed by atoms with Gasteiger partial charge in [0.05, 0.1) is 10.4 Å². The van der Waals surface area contributed by atoms with Gasteiger partial charge in [0.1, 0.15) is 14.8 Å². The second kappa shape index (κ2) is 6.20. The standard InChI is InChI=1S/C12H14Cl2N2O2S2/c13-10-7-9(11(14)19-10)20(17,18)16-12(8-15)5-3-1-2-4-6-12/h7,16H,1-6H2. The van der Waals surface area contributed by atoms with Gasteiger partial charge in [0, 0.05) is 0 Å². The highest BCUT2D eigenvalue weighted by atomic mass is 35.5. The smallest absolute Gasteiger partial charge is 0.207 e. The van der Waals surface area contributed by atoms with Crippen LogP contribution < -0.4 is 4.72 Å². The minimum Gasteiger partial charge on any atom is -0.207 e. The average Bonchev–Trinajstić information content (AvgIpc) is 2.61. The molecule has 0 atom stereocenters. The Morgan fingerprint density at radius 2 is 1.85 bits per heavy atom. The molecular formula is C12H14Cl2N2O2S2. The van der Waals surface area contributed by atoms with Gasteiger partial charge in [0.25, 0.3) is 0 Å². The monoisotopic (exact) mass is 352 g/mol. The lowest BCUT2D eigenvalue weighted by atomic mass is 9.94. The Kier molecular flexibility index (Phi) is 4.98. The number of halogens is 2. The molecule has 20 heavy (non-hydrogen) atoms. The van der Waals surface area contributed by atoms with Gasteiger partial charge in [-0.1, -0.05) is 48.9 Å². The number of nitrogens with zero attached hydrogens (tertiary/aromatic N) is 1. The topological polar surface area (TPSA) is 70.0 Å². The largest absolute Gasteiger partial charge is 0.244 e. The van der Waals surface area contributed by atoms with Crippen molar-refractivity contribution >= 4 is 44.6 Å². The van der Waals surface area contributed by atoms with Gasteiger partial charge in [-0.05, 0) is 18.9 Å². The zero-order chi connectivity index (χ0) is 14.8. The van der Waals surface area contributed by atoms with Crippen LogP contribution >= 0.6 is 34.5 Å². The molecule has 8 heteroatoms. The van der Waals surface area contributed by atoms with E-state index in [0.29, 0.717) is 17.2 Å². The van der Waals surface area contributed by atoms with Crippen LogP contribution in [0.2, 0.25) is 8.67 Å². The molecule has 1 aliphatic carbocycles. The van der Waals surface area contributed by atoms with E-state index in [4.69, 9.17) is 23.2 Å². The van der Waals surface area contributed by atoms with Crippen molar-refractivity contribution in [1.29, 1.82) is 5.26 Å². The summed E-state index contributed by atoms with van der Waals surface area (Å²) in [5, 5.41) is 9.42. The van der Waals surface area contributed by atoms with E-state index >= 15 is 0 Å². The molecule has 0 radical (unpaired) electrons.